The van der Waals surface area contributed by atoms with Crippen molar-refractivity contribution in [3.05, 3.63) is 76.7 Å². The van der Waals surface area contributed by atoms with E-state index >= 15 is 0 Å². The highest BCUT2D eigenvalue weighted by Gasteiger charge is 2.39. The first kappa shape index (κ1) is 46.3. The third-order valence-corrected chi connectivity index (χ3v) is 12.1. The van der Waals surface area contributed by atoms with Gasteiger partial charge in [0, 0.05) is 30.8 Å². The molecule has 3 aromatic heterocycles. The second kappa shape index (κ2) is 20.0. The number of imidazole rings is 2. The van der Waals surface area contributed by atoms with Crippen molar-refractivity contribution in [2.24, 2.45) is 11.8 Å². The summed E-state index contributed by atoms with van der Waals surface area (Å²) in [6.45, 7) is 9.38. The number of aromatic amines is 2. The molecule has 7 rings (SSSR count). The molecule has 5 aromatic rings. The van der Waals surface area contributed by atoms with Crippen LogP contribution in [-0.4, -0.2) is 125 Å². The average Bonchev–Trinajstić information content (AvgIpc) is 4.14. The number of benzene rings is 2. The van der Waals surface area contributed by atoms with E-state index in [0.717, 1.165) is 30.5 Å². The van der Waals surface area contributed by atoms with Gasteiger partial charge >= 0.3 is 12.2 Å². The second-order valence-corrected chi connectivity index (χ2v) is 17.5. The maximum atomic E-state index is 14.4. The lowest BCUT2D eigenvalue weighted by Gasteiger charge is -2.30. The smallest absolute Gasteiger partial charge is 0.407 e. The summed E-state index contributed by atoms with van der Waals surface area (Å²) in [6.07, 6.45) is 5.11. The highest BCUT2D eigenvalue weighted by molar-refractivity contribution is 5.88. The quantitative estimate of drug-likeness (QED) is 0.0915. The monoisotopic (exact) mass is 893 g/mol. The molecule has 0 bridgehead atoms. The first-order valence-corrected chi connectivity index (χ1v) is 22.1. The summed E-state index contributed by atoms with van der Waals surface area (Å²) in [7, 11) is 6.39. The Balaban J connectivity index is 1.13. The topological polar surface area (TPSA) is 217 Å². The normalized spacial score (nSPS) is 17.2. The highest BCUT2D eigenvalue weighted by Crippen LogP contribution is 2.37. The first-order chi connectivity index (χ1) is 31.2. The van der Waals surface area contributed by atoms with Gasteiger partial charge in [-0.1, -0.05) is 52.0 Å². The van der Waals surface area contributed by atoms with E-state index in [0.29, 0.717) is 71.3 Å². The molecule has 2 aromatic carbocycles. The van der Waals surface area contributed by atoms with Gasteiger partial charge in [-0.3, -0.25) is 14.4 Å². The lowest BCUT2D eigenvalue weighted by atomic mass is 10.0. The Morgan fingerprint density at radius 1 is 0.769 bits per heavy atom. The molecule has 2 aliphatic heterocycles. The molecule has 0 saturated carbocycles. The van der Waals surface area contributed by atoms with E-state index in [4.69, 9.17) is 18.6 Å². The summed E-state index contributed by atoms with van der Waals surface area (Å²) >= 11 is 0. The fourth-order valence-electron chi connectivity index (χ4n) is 8.49. The summed E-state index contributed by atoms with van der Waals surface area (Å²) in [5, 5.41) is 5.69. The third-order valence-electron chi connectivity index (χ3n) is 12.1. The Kier molecular flexibility index (Phi) is 14.3. The van der Waals surface area contributed by atoms with Crippen LogP contribution < -0.4 is 20.8 Å². The van der Waals surface area contributed by atoms with Crippen molar-refractivity contribution in [1.29, 1.82) is 0 Å². The predicted octanol–water partition coefficient (Wildman–Crippen LogP) is 6.27. The fraction of sp³-hybridized carbons (Fsp3) is 0.468. The van der Waals surface area contributed by atoms with Gasteiger partial charge in [0.05, 0.1) is 55.5 Å². The van der Waals surface area contributed by atoms with Gasteiger partial charge in [0.25, 0.3) is 0 Å². The number of nitrogens with one attached hydrogen (secondary N) is 4. The largest absolute Gasteiger partial charge is 0.485 e. The van der Waals surface area contributed by atoms with Gasteiger partial charge < -0.3 is 53.9 Å². The number of fused-ring (bicyclic) bond motifs is 1. The molecule has 4 atom stereocenters. The van der Waals surface area contributed by atoms with Crippen LogP contribution in [0.3, 0.4) is 0 Å². The lowest BCUT2D eigenvalue weighted by Crippen LogP contribution is -2.51. The highest BCUT2D eigenvalue weighted by atomic mass is 16.5. The van der Waals surface area contributed by atoms with Crippen molar-refractivity contribution in [3.8, 4) is 39.6 Å². The number of carbonyl (C=O) groups excluding carboxylic acids is 4. The van der Waals surface area contributed by atoms with Crippen molar-refractivity contribution in [3.63, 3.8) is 0 Å². The minimum atomic E-state index is -0.754. The predicted molar refractivity (Wildman–Crippen MR) is 243 cm³/mol. The Morgan fingerprint density at radius 3 is 1.75 bits per heavy atom. The Hall–Kier alpha value is -6.69. The molecule has 0 spiro atoms. The van der Waals surface area contributed by atoms with E-state index in [1.54, 1.807) is 34.3 Å². The molecular formula is C47H59N9O9. The van der Waals surface area contributed by atoms with Crippen LogP contribution in [0.4, 0.5) is 9.59 Å². The molecule has 65 heavy (non-hydrogen) atoms. The number of H-pyrrole nitrogens is 2. The molecule has 2 saturated heterocycles. The van der Waals surface area contributed by atoms with Crippen molar-refractivity contribution in [1.82, 2.24) is 45.3 Å². The van der Waals surface area contributed by atoms with Gasteiger partial charge in [-0.15, -0.1) is 0 Å². The lowest BCUT2D eigenvalue weighted by molar-refractivity contribution is -0.136. The van der Waals surface area contributed by atoms with Gasteiger partial charge in [-0.05, 0) is 75.4 Å². The van der Waals surface area contributed by atoms with E-state index < -0.39 is 24.3 Å². The number of amides is 4. The van der Waals surface area contributed by atoms with Crippen molar-refractivity contribution in [2.75, 3.05) is 54.6 Å². The summed E-state index contributed by atoms with van der Waals surface area (Å²) in [4.78, 5) is 87.5. The molecule has 18 nitrogen and oxygen atoms in total. The molecule has 4 amide bonds. The number of carbonyl (C=O) groups is 4. The molecule has 346 valence electrons. The zero-order chi connectivity index (χ0) is 46.5. The molecule has 2 fully saturated rings. The minimum absolute atomic E-state index is 0.0890. The van der Waals surface area contributed by atoms with Crippen LogP contribution in [-0.2, 0) is 19.1 Å². The van der Waals surface area contributed by atoms with Crippen LogP contribution in [0.25, 0.3) is 44.8 Å². The maximum Gasteiger partial charge on any atom is 0.407 e. The van der Waals surface area contributed by atoms with Crippen LogP contribution in [0.1, 0.15) is 77.1 Å². The van der Waals surface area contributed by atoms with Crippen LogP contribution in [0.5, 0.6) is 5.75 Å². The van der Waals surface area contributed by atoms with Crippen molar-refractivity contribution >= 4 is 35.0 Å². The minimum Gasteiger partial charge on any atom is -0.485 e. The molecule has 4 N–H and O–H groups in total. The maximum absolute atomic E-state index is 14.4. The van der Waals surface area contributed by atoms with Gasteiger partial charge in [0.2, 0.25) is 23.0 Å². The number of methoxy groups -OCH3 is 2. The number of rotatable bonds is 15. The van der Waals surface area contributed by atoms with Crippen LogP contribution in [0.15, 0.2) is 64.1 Å². The summed E-state index contributed by atoms with van der Waals surface area (Å²) in [5.41, 5.74) is 3.62. The van der Waals surface area contributed by atoms with Crippen molar-refractivity contribution < 1.29 is 37.8 Å². The van der Waals surface area contributed by atoms with E-state index in [2.05, 4.69) is 30.6 Å². The SMILES string of the molecule is COC(=O)N[C@H](C(=O)N1CCC[C@H]1c1ncc(-c2ccc(-c3oc4ccc(-c5cnc([C@@H]6CCCN6C(=O)[C@@H](NC(=O)OC)C(C)C)[nH]5)cc4c(=O)c3OCCN(C)C)cc2)[nH]1)C(C)C. The van der Waals surface area contributed by atoms with Gasteiger partial charge in [0.1, 0.15) is 35.9 Å². The third kappa shape index (κ3) is 10.0. The van der Waals surface area contributed by atoms with Gasteiger partial charge in [-0.2, -0.15) is 0 Å². The van der Waals surface area contributed by atoms with E-state index in [1.807, 2.05) is 77.0 Å². The van der Waals surface area contributed by atoms with E-state index in [9.17, 15) is 24.0 Å². The van der Waals surface area contributed by atoms with E-state index in [1.165, 1.54) is 14.2 Å². The zero-order valence-electron chi connectivity index (χ0n) is 38.2. The molecule has 0 aliphatic carbocycles. The molecule has 0 unspecified atom stereocenters. The number of alkyl carbamates (subject to hydrolysis) is 2. The number of nitrogens with zero attached hydrogens (tertiary/aromatic N) is 5. The second-order valence-electron chi connectivity index (χ2n) is 17.5. The summed E-state index contributed by atoms with van der Waals surface area (Å²) in [6, 6.07) is 10.8. The first-order valence-electron chi connectivity index (χ1n) is 22.1. The number of likely N-dealkylation sites (N-methyl/N-ethyl adjacent to an activating group) is 1. The van der Waals surface area contributed by atoms with E-state index in [-0.39, 0.29) is 53.5 Å². The standard InChI is InChI=1S/C47H59N9O9/c1-26(2)37(52-46(60)62-7)44(58)55-19-9-11-34(55)42-48-24-32(50-42)28-13-15-29(16-14-28)40-41(64-22-21-54(5)6)39(57)31-23-30(17-18-36(31)65-40)33-25-49-43(51-33)35-12-10-20-56(35)45(59)38(27(3)4)53-47(61)63-8/h13-18,23-27,34-35,37-38H,9-12,19-22H2,1-8H3,(H,48,50)(H,49,51)(H,52,60)(H,53,61)/t34-,35-,37-,38-/m0/s1. The molecule has 0 radical (unpaired) electrons. The molecular weight excluding hydrogens is 835 g/mol. The fourth-order valence-corrected chi connectivity index (χ4v) is 8.49. The van der Waals surface area contributed by atoms with Crippen molar-refractivity contribution in [2.45, 2.75) is 77.5 Å². The number of hydrogen-bond donors (Lipinski definition) is 4. The number of likely N-dealkylation sites (tertiary alicyclic amines) is 2. The molecule has 5 heterocycles. The number of aromatic nitrogens is 4. The van der Waals surface area contributed by atoms with Gasteiger partial charge in [0.15, 0.2) is 5.76 Å². The summed E-state index contributed by atoms with van der Waals surface area (Å²) < 4.78 is 22.2. The molecule has 2 aliphatic rings. The Labute approximate surface area is 377 Å². The zero-order valence-corrected chi connectivity index (χ0v) is 38.2. The van der Waals surface area contributed by atoms with Crippen LogP contribution in [0, 0.1) is 11.8 Å². The number of hydrogen-bond acceptors (Lipinski definition) is 12. The summed E-state index contributed by atoms with van der Waals surface area (Å²) in [5.74, 6) is 0.946. The average molecular weight is 894 g/mol. The molecule has 18 heteroatoms. The van der Waals surface area contributed by atoms with Crippen LogP contribution >= 0.6 is 0 Å². The van der Waals surface area contributed by atoms with Gasteiger partial charge in [-0.25, -0.2) is 19.6 Å². The Morgan fingerprint density at radius 2 is 1.26 bits per heavy atom. The van der Waals surface area contributed by atoms with Crippen LogP contribution in [0.2, 0.25) is 0 Å². The Bertz CT molecular complexity index is 2560. The number of ether oxygens (including phenoxy) is 3.